The number of hydrogen-bond donors (Lipinski definition) is 1. The molecule has 2 aromatic carbocycles. The Morgan fingerprint density at radius 3 is 2.64 bits per heavy atom. The maximum absolute atomic E-state index is 12.2. The molecule has 0 aliphatic carbocycles. The molecule has 0 unspecified atom stereocenters. The molecule has 1 N–H and O–H groups in total. The number of hydrogen-bond acceptors (Lipinski definition) is 4. The standard InChI is InChI=1S/C19H21NO4S/c1-13-6-5-7-15(10-13)12-25(22,23)20-19(21)11-18-14(2)16-8-3-4-9-17(16)24-18/h3-10,14,18H,11-12H2,1-2H3,(H,20,21)/t14-,18-/m0/s1. The molecular formula is C19H21NO4S. The molecule has 0 saturated carbocycles. The van der Waals surface area contributed by atoms with Crippen LogP contribution < -0.4 is 9.46 Å². The summed E-state index contributed by atoms with van der Waals surface area (Å²) in [6.45, 7) is 3.87. The third kappa shape index (κ3) is 4.20. The zero-order chi connectivity index (χ0) is 18.0. The lowest BCUT2D eigenvalue weighted by molar-refractivity contribution is -0.120. The molecule has 2 aromatic rings. The van der Waals surface area contributed by atoms with Crippen molar-refractivity contribution in [1.82, 2.24) is 4.72 Å². The fourth-order valence-corrected chi connectivity index (χ4v) is 4.22. The molecular weight excluding hydrogens is 338 g/mol. The largest absolute Gasteiger partial charge is 0.489 e. The molecule has 0 spiro atoms. The van der Waals surface area contributed by atoms with E-state index in [1.165, 1.54) is 0 Å². The Kier molecular flexibility index (Phi) is 4.81. The highest BCUT2D eigenvalue weighted by molar-refractivity contribution is 7.89. The molecule has 0 fully saturated rings. The molecule has 6 heteroatoms. The molecule has 1 aliphatic heterocycles. The van der Waals surface area contributed by atoms with Gasteiger partial charge in [0.25, 0.3) is 0 Å². The predicted molar refractivity (Wildman–Crippen MR) is 95.8 cm³/mol. The minimum Gasteiger partial charge on any atom is -0.489 e. The summed E-state index contributed by atoms with van der Waals surface area (Å²) in [5, 5.41) is 0. The molecule has 132 valence electrons. The van der Waals surface area contributed by atoms with E-state index in [1.807, 2.05) is 44.2 Å². The van der Waals surface area contributed by atoms with E-state index in [0.29, 0.717) is 5.56 Å². The van der Waals surface area contributed by atoms with Crippen molar-refractivity contribution in [2.24, 2.45) is 0 Å². The van der Waals surface area contributed by atoms with Crippen LogP contribution in [-0.2, 0) is 20.6 Å². The Morgan fingerprint density at radius 2 is 1.92 bits per heavy atom. The minimum atomic E-state index is -3.73. The number of carbonyl (C=O) groups is 1. The first kappa shape index (κ1) is 17.5. The molecule has 0 saturated heterocycles. The summed E-state index contributed by atoms with van der Waals surface area (Å²) in [6, 6.07) is 14.8. The Balaban J connectivity index is 1.61. The van der Waals surface area contributed by atoms with Gasteiger partial charge in [-0.2, -0.15) is 0 Å². The molecule has 1 aliphatic rings. The van der Waals surface area contributed by atoms with Crippen LogP contribution in [0.4, 0.5) is 0 Å². The van der Waals surface area contributed by atoms with Crippen molar-refractivity contribution in [3.05, 3.63) is 65.2 Å². The molecule has 1 heterocycles. The van der Waals surface area contributed by atoms with Crippen LogP contribution in [0.2, 0.25) is 0 Å². The van der Waals surface area contributed by atoms with E-state index in [2.05, 4.69) is 4.72 Å². The van der Waals surface area contributed by atoms with E-state index in [-0.39, 0.29) is 24.2 Å². The van der Waals surface area contributed by atoms with Crippen LogP contribution in [-0.4, -0.2) is 20.4 Å². The van der Waals surface area contributed by atoms with Gasteiger partial charge in [0.2, 0.25) is 15.9 Å². The van der Waals surface area contributed by atoms with Gasteiger partial charge < -0.3 is 4.74 Å². The van der Waals surface area contributed by atoms with E-state index < -0.39 is 15.9 Å². The van der Waals surface area contributed by atoms with Crippen LogP contribution >= 0.6 is 0 Å². The summed E-state index contributed by atoms with van der Waals surface area (Å²) in [7, 11) is -3.73. The topological polar surface area (TPSA) is 72.5 Å². The summed E-state index contributed by atoms with van der Waals surface area (Å²) in [5.41, 5.74) is 2.67. The smallest absolute Gasteiger partial charge is 0.239 e. The zero-order valence-corrected chi connectivity index (χ0v) is 15.0. The second kappa shape index (κ2) is 6.88. The average Bonchev–Trinajstić information content (AvgIpc) is 2.82. The van der Waals surface area contributed by atoms with Gasteiger partial charge in [-0.3, -0.25) is 9.52 Å². The van der Waals surface area contributed by atoms with Crippen LogP contribution in [0.15, 0.2) is 48.5 Å². The SMILES string of the molecule is Cc1cccc(CS(=O)(=O)NC(=O)C[C@@H]2Oc3ccccc3[C@@H]2C)c1. The maximum Gasteiger partial charge on any atom is 0.239 e. The van der Waals surface area contributed by atoms with E-state index >= 15 is 0 Å². The lowest BCUT2D eigenvalue weighted by Crippen LogP contribution is -2.35. The quantitative estimate of drug-likeness (QED) is 0.891. The Morgan fingerprint density at radius 1 is 1.16 bits per heavy atom. The number of rotatable bonds is 5. The molecule has 0 aromatic heterocycles. The number of benzene rings is 2. The molecule has 0 radical (unpaired) electrons. The summed E-state index contributed by atoms with van der Waals surface area (Å²) in [6.07, 6.45) is -0.352. The lowest BCUT2D eigenvalue weighted by atomic mass is 9.96. The highest BCUT2D eigenvalue weighted by atomic mass is 32.2. The highest BCUT2D eigenvalue weighted by Gasteiger charge is 2.33. The van der Waals surface area contributed by atoms with E-state index in [4.69, 9.17) is 4.74 Å². The second-order valence-electron chi connectivity index (χ2n) is 6.46. The van der Waals surface area contributed by atoms with Gasteiger partial charge in [0.05, 0.1) is 12.2 Å². The van der Waals surface area contributed by atoms with Gasteiger partial charge in [0.1, 0.15) is 11.9 Å². The van der Waals surface area contributed by atoms with Gasteiger partial charge in [-0.05, 0) is 18.6 Å². The van der Waals surface area contributed by atoms with Gasteiger partial charge in [0.15, 0.2) is 0 Å². The van der Waals surface area contributed by atoms with Crippen LogP contribution in [0.5, 0.6) is 5.75 Å². The summed E-state index contributed by atoms with van der Waals surface area (Å²) < 4.78 is 32.4. The number of aryl methyl sites for hydroxylation is 1. The first-order valence-corrected chi connectivity index (χ1v) is 9.84. The average molecular weight is 359 g/mol. The number of amides is 1. The van der Waals surface area contributed by atoms with Crippen molar-refractivity contribution >= 4 is 15.9 Å². The van der Waals surface area contributed by atoms with Crippen LogP contribution in [0.25, 0.3) is 0 Å². The van der Waals surface area contributed by atoms with E-state index in [9.17, 15) is 13.2 Å². The number of para-hydroxylation sites is 1. The number of ether oxygens (including phenoxy) is 1. The summed E-state index contributed by atoms with van der Waals surface area (Å²) in [4.78, 5) is 12.2. The molecule has 25 heavy (non-hydrogen) atoms. The number of sulfonamides is 1. The number of fused-ring (bicyclic) bond motifs is 1. The first-order chi connectivity index (χ1) is 11.8. The maximum atomic E-state index is 12.2. The number of nitrogens with one attached hydrogen (secondary N) is 1. The molecule has 3 rings (SSSR count). The van der Waals surface area contributed by atoms with E-state index in [0.717, 1.165) is 16.9 Å². The van der Waals surface area contributed by atoms with Crippen molar-refractivity contribution in [1.29, 1.82) is 0 Å². The van der Waals surface area contributed by atoms with Crippen molar-refractivity contribution < 1.29 is 17.9 Å². The Hall–Kier alpha value is -2.34. The monoisotopic (exact) mass is 359 g/mol. The van der Waals surface area contributed by atoms with Crippen LogP contribution in [0.3, 0.4) is 0 Å². The fourth-order valence-electron chi connectivity index (χ4n) is 3.10. The summed E-state index contributed by atoms with van der Waals surface area (Å²) in [5.74, 6) is 0.0380. The van der Waals surface area contributed by atoms with Crippen LogP contribution in [0, 0.1) is 6.92 Å². The first-order valence-electron chi connectivity index (χ1n) is 8.18. The normalized spacial score (nSPS) is 19.1. The molecule has 1 amide bonds. The second-order valence-corrected chi connectivity index (χ2v) is 8.18. The van der Waals surface area contributed by atoms with Gasteiger partial charge in [-0.1, -0.05) is 55.0 Å². The Labute approximate surface area is 148 Å². The van der Waals surface area contributed by atoms with Gasteiger partial charge in [0, 0.05) is 11.5 Å². The summed E-state index contributed by atoms with van der Waals surface area (Å²) >= 11 is 0. The predicted octanol–water partition coefficient (Wildman–Crippen LogP) is 2.90. The minimum absolute atomic E-state index is 0.00287. The van der Waals surface area contributed by atoms with Gasteiger partial charge in [-0.25, -0.2) is 8.42 Å². The fraction of sp³-hybridized carbons (Fsp3) is 0.316. The molecule has 5 nitrogen and oxygen atoms in total. The molecule has 2 atom stereocenters. The number of carbonyl (C=O) groups excluding carboxylic acids is 1. The van der Waals surface area contributed by atoms with Crippen molar-refractivity contribution in [2.75, 3.05) is 0 Å². The van der Waals surface area contributed by atoms with Gasteiger partial charge >= 0.3 is 0 Å². The third-order valence-corrected chi connectivity index (χ3v) is 5.59. The van der Waals surface area contributed by atoms with Crippen molar-refractivity contribution in [3.8, 4) is 5.75 Å². The van der Waals surface area contributed by atoms with Crippen LogP contribution in [0.1, 0.15) is 36.0 Å². The lowest BCUT2D eigenvalue weighted by Gasteiger charge is -2.15. The Bertz CT molecular complexity index is 892. The zero-order valence-electron chi connectivity index (χ0n) is 14.2. The third-order valence-electron chi connectivity index (χ3n) is 4.34. The van der Waals surface area contributed by atoms with Gasteiger partial charge in [-0.15, -0.1) is 0 Å². The molecule has 0 bridgehead atoms. The highest BCUT2D eigenvalue weighted by Crippen LogP contribution is 2.38. The van der Waals surface area contributed by atoms with Crippen molar-refractivity contribution in [3.63, 3.8) is 0 Å². The van der Waals surface area contributed by atoms with E-state index in [1.54, 1.807) is 18.2 Å². The van der Waals surface area contributed by atoms with Crippen molar-refractivity contribution in [2.45, 2.75) is 38.0 Å².